The molecular weight excluding hydrogens is 134 g/mol. The van der Waals surface area contributed by atoms with E-state index in [1.165, 1.54) is 18.4 Å². The van der Waals surface area contributed by atoms with E-state index in [2.05, 4.69) is 19.1 Å². The fourth-order valence-corrected chi connectivity index (χ4v) is 1.55. The first-order valence-electron chi connectivity index (χ1n) is 4.29. The van der Waals surface area contributed by atoms with Crippen molar-refractivity contribution in [2.75, 3.05) is 0 Å². The molecule has 60 valence electrons. The van der Waals surface area contributed by atoms with E-state index in [0.717, 1.165) is 6.42 Å². The van der Waals surface area contributed by atoms with Gasteiger partial charge in [0.05, 0.1) is 6.07 Å². The van der Waals surface area contributed by atoms with Gasteiger partial charge in [-0.1, -0.05) is 11.6 Å². The largest absolute Gasteiger partial charge is 0.198 e. The average molecular weight is 149 g/mol. The van der Waals surface area contributed by atoms with Gasteiger partial charge in [-0.25, -0.2) is 0 Å². The van der Waals surface area contributed by atoms with Crippen LogP contribution < -0.4 is 0 Å². The number of hydrogen-bond acceptors (Lipinski definition) is 1. The topological polar surface area (TPSA) is 23.8 Å². The Morgan fingerprint density at radius 3 is 2.91 bits per heavy atom. The van der Waals surface area contributed by atoms with Gasteiger partial charge < -0.3 is 0 Å². The molecule has 1 nitrogen and oxygen atoms in total. The minimum absolute atomic E-state index is 0.236. The van der Waals surface area contributed by atoms with Crippen molar-refractivity contribution in [1.29, 1.82) is 5.26 Å². The van der Waals surface area contributed by atoms with E-state index >= 15 is 0 Å². The Morgan fingerprint density at radius 1 is 1.73 bits per heavy atom. The van der Waals surface area contributed by atoms with Crippen LogP contribution in [0.15, 0.2) is 11.6 Å². The van der Waals surface area contributed by atoms with Gasteiger partial charge in [-0.2, -0.15) is 5.26 Å². The number of rotatable bonds is 1. The maximum atomic E-state index is 8.68. The molecule has 0 radical (unpaired) electrons. The lowest BCUT2D eigenvalue weighted by atomic mass is 9.82. The second kappa shape index (κ2) is 3.57. The van der Waals surface area contributed by atoms with Crippen LogP contribution in [0.5, 0.6) is 0 Å². The number of allylic oxidation sites excluding steroid dienone is 2. The second-order valence-electron chi connectivity index (χ2n) is 3.50. The van der Waals surface area contributed by atoms with E-state index in [-0.39, 0.29) is 5.92 Å². The summed E-state index contributed by atoms with van der Waals surface area (Å²) in [6.45, 7) is 4.20. The Hall–Kier alpha value is -0.770. The molecule has 0 fully saturated rings. The first-order valence-corrected chi connectivity index (χ1v) is 4.29. The molecule has 1 aliphatic carbocycles. The van der Waals surface area contributed by atoms with Crippen LogP contribution in [-0.2, 0) is 0 Å². The minimum atomic E-state index is 0.236. The predicted molar refractivity (Wildman–Crippen MR) is 45.9 cm³/mol. The van der Waals surface area contributed by atoms with Gasteiger partial charge in [0, 0.05) is 5.92 Å². The third kappa shape index (κ3) is 2.08. The molecule has 1 rings (SSSR count). The van der Waals surface area contributed by atoms with Crippen molar-refractivity contribution in [3.05, 3.63) is 11.6 Å². The summed E-state index contributed by atoms with van der Waals surface area (Å²) in [6.07, 6.45) is 5.79. The maximum absolute atomic E-state index is 8.68. The fourth-order valence-electron chi connectivity index (χ4n) is 1.55. The Balaban J connectivity index is 2.48. The van der Waals surface area contributed by atoms with Gasteiger partial charge in [0.1, 0.15) is 0 Å². The summed E-state index contributed by atoms with van der Waals surface area (Å²) in [5.74, 6) is 0.850. The summed E-state index contributed by atoms with van der Waals surface area (Å²) in [5, 5.41) is 8.68. The molecule has 0 aromatic carbocycles. The zero-order chi connectivity index (χ0) is 8.27. The molecule has 1 aliphatic rings. The lowest BCUT2D eigenvalue weighted by Gasteiger charge is -2.21. The summed E-state index contributed by atoms with van der Waals surface area (Å²) < 4.78 is 0. The molecule has 0 N–H and O–H groups in total. The SMILES string of the molecule is CC1=CCC(C(C)C#N)CC1. The monoisotopic (exact) mass is 149 g/mol. The van der Waals surface area contributed by atoms with Crippen LogP contribution in [0.3, 0.4) is 0 Å². The molecule has 0 saturated heterocycles. The van der Waals surface area contributed by atoms with Crippen LogP contribution in [-0.4, -0.2) is 0 Å². The van der Waals surface area contributed by atoms with Gasteiger partial charge >= 0.3 is 0 Å². The predicted octanol–water partition coefficient (Wildman–Crippen LogP) is 2.89. The van der Waals surface area contributed by atoms with Crippen molar-refractivity contribution in [1.82, 2.24) is 0 Å². The summed E-state index contributed by atoms with van der Waals surface area (Å²) in [5.41, 5.74) is 1.49. The van der Waals surface area contributed by atoms with Gasteiger partial charge in [-0.3, -0.25) is 0 Å². The molecule has 2 unspecified atom stereocenters. The maximum Gasteiger partial charge on any atom is 0.0655 e. The molecule has 0 spiro atoms. The van der Waals surface area contributed by atoms with E-state index in [0.29, 0.717) is 5.92 Å². The lowest BCUT2D eigenvalue weighted by Crippen LogP contribution is -2.12. The van der Waals surface area contributed by atoms with Crippen molar-refractivity contribution < 1.29 is 0 Å². The molecule has 0 heterocycles. The molecule has 0 aliphatic heterocycles. The third-order valence-corrected chi connectivity index (χ3v) is 2.59. The lowest BCUT2D eigenvalue weighted by molar-refractivity contribution is 0.388. The molecular formula is C10H15N. The molecule has 1 heteroatoms. The van der Waals surface area contributed by atoms with E-state index in [1.54, 1.807) is 0 Å². The Kier molecular flexibility index (Phi) is 2.70. The highest BCUT2D eigenvalue weighted by Gasteiger charge is 2.18. The van der Waals surface area contributed by atoms with E-state index in [9.17, 15) is 0 Å². The summed E-state index contributed by atoms with van der Waals surface area (Å²) in [6, 6.07) is 2.32. The van der Waals surface area contributed by atoms with Gasteiger partial charge in [-0.05, 0) is 39.0 Å². The first kappa shape index (κ1) is 8.33. The molecule has 0 saturated carbocycles. The Bertz CT molecular complexity index is 197. The molecule has 0 aromatic rings. The van der Waals surface area contributed by atoms with Crippen LogP contribution in [0.4, 0.5) is 0 Å². The van der Waals surface area contributed by atoms with Gasteiger partial charge in [0.15, 0.2) is 0 Å². The highest BCUT2D eigenvalue weighted by molar-refractivity contribution is 5.05. The zero-order valence-electron chi connectivity index (χ0n) is 7.30. The fraction of sp³-hybridized carbons (Fsp3) is 0.700. The highest BCUT2D eigenvalue weighted by atomic mass is 14.3. The van der Waals surface area contributed by atoms with Crippen molar-refractivity contribution in [3.63, 3.8) is 0 Å². The zero-order valence-corrected chi connectivity index (χ0v) is 7.30. The van der Waals surface area contributed by atoms with Crippen LogP contribution >= 0.6 is 0 Å². The summed E-state index contributed by atoms with van der Waals surface area (Å²) in [7, 11) is 0. The molecule has 0 amide bonds. The van der Waals surface area contributed by atoms with Crippen molar-refractivity contribution >= 4 is 0 Å². The van der Waals surface area contributed by atoms with Crippen molar-refractivity contribution in [2.45, 2.75) is 33.1 Å². The van der Waals surface area contributed by atoms with Crippen molar-refractivity contribution in [3.8, 4) is 6.07 Å². The minimum Gasteiger partial charge on any atom is -0.198 e. The van der Waals surface area contributed by atoms with Gasteiger partial charge in [0.25, 0.3) is 0 Å². The third-order valence-electron chi connectivity index (χ3n) is 2.59. The summed E-state index contributed by atoms with van der Waals surface area (Å²) >= 11 is 0. The smallest absolute Gasteiger partial charge is 0.0655 e. The van der Waals surface area contributed by atoms with E-state index in [4.69, 9.17) is 5.26 Å². The van der Waals surface area contributed by atoms with Crippen LogP contribution in [0.2, 0.25) is 0 Å². The van der Waals surface area contributed by atoms with Gasteiger partial charge in [0.2, 0.25) is 0 Å². The van der Waals surface area contributed by atoms with E-state index < -0.39 is 0 Å². The molecule has 0 bridgehead atoms. The highest BCUT2D eigenvalue weighted by Crippen LogP contribution is 2.28. The quantitative estimate of drug-likeness (QED) is 0.526. The first-order chi connectivity index (χ1) is 5.24. The van der Waals surface area contributed by atoms with Gasteiger partial charge in [-0.15, -0.1) is 0 Å². The van der Waals surface area contributed by atoms with E-state index in [1.807, 2.05) is 6.92 Å². The van der Waals surface area contributed by atoms with Crippen LogP contribution in [0, 0.1) is 23.2 Å². The molecule has 0 aromatic heterocycles. The second-order valence-corrected chi connectivity index (χ2v) is 3.50. The number of nitrogens with zero attached hydrogens (tertiary/aromatic N) is 1. The Labute approximate surface area is 68.7 Å². The number of hydrogen-bond donors (Lipinski definition) is 0. The van der Waals surface area contributed by atoms with Crippen LogP contribution in [0.25, 0.3) is 0 Å². The Morgan fingerprint density at radius 2 is 2.45 bits per heavy atom. The molecule has 11 heavy (non-hydrogen) atoms. The normalized spacial score (nSPS) is 27.0. The average Bonchev–Trinajstić information content (AvgIpc) is 2.05. The molecule has 2 atom stereocenters. The summed E-state index contributed by atoms with van der Waals surface area (Å²) in [4.78, 5) is 0. The number of nitriles is 1. The van der Waals surface area contributed by atoms with Crippen molar-refractivity contribution in [2.24, 2.45) is 11.8 Å². The van der Waals surface area contributed by atoms with Crippen LogP contribution in [0.1, 0.15) is 33.1 Å². The standard InChI is InChI=1S/C10H15N/c1-8-3-5-10(6-4-8)9(2)7-11/h3,9-10H,4-6H2,1-2H3.